The van der Waals surface area contributed by atoms with Crippen LogP contribution in [0.1, 0.15) is 44.7 Å². The fourth-order valence-electron chi connectivity index (χ4n) is 3.62. The van der Waals surface area contributed by atoms with Crippen LogP contribution >= 0.6 is 0 Å². The van der Waals surface area contributed by atoms with Crippen molar-refractivity contribution < 1.29 is 14.4 Å². The third-order valence-corrected chi connectivity index (χ3v) is 5.36. The van der Waals surface area contributed by atoms with E-state index in [1.54, 1.807) is 48.8 Å². The number of nitrogens with one attached hydrogen (secondary N) is 2. The first-order valence-electron chi connectivity index (χ1n) is 10.5. The molecule has 7 nitrogen and oxygen atoms in total. The molecule has 7 heteroatoms. The van der Waals surface area contributed by atoms with Gasteiger partial charge in [-0.15, -0.1) is 0 Å². The number of anilines is 1. The van der Waals surface area contributed by atoms with Gasteiger partial charge in [-0.2, -0.15) is 0 Å². The lowest BCUT2D eigenvalue weighted by Crippen LogP contribution is -2.25. The van der Waals surface area contributed by atoms with Crippen molar-refractivity contribution in [1.29, 1.82) is 0 Å². The number of rotatable bonds is 7. The van der Waals surface area contributed by atoms with E-state index >= 15 is 0 Å². The highest BCUT2D eigenvalue weighted by atomic mass is 16.2. The molecule has 0 saturated carbocycles. The second-order valence-electron chi connectivity index (χ2n) is 7.66. The maximum Gasteiger partial charge on any atom is 0.255 e. The number of para-hydroxylation sites is 1. The van der Waals surface area contributed by atoms with Gasteiger partial charge in [0.25, 0.3) is 11.8 Å². The number of carbonyl (C=O) groups excluding carboxylic acids is 3. The fourth-order valence-corrected chi connectivity index (χ4v) is 3.62. The molecule has 1 fully saturated rings. The maximum absolute atomic E-state index is 12.8. The Hall–Kier alpha value is -4.00. The van der Waals surface area contributed by atoms with E-state index in [2.05, 4.69) is 15.6 Å². The molecule has 1 aliphatic rings. The number of carbonyl (C=O) groups is 3. The molecule has 0 radical (unpaired) electrons. The SMILES string of the molecule is O=C(Nc1ccccc1C(=O)NCc1cccnc1)c1ccc(CN2CCCC2=O)cc1. The number of likely N-dealkylation sites (tertiary alicyclic amines) is 1. The van der Waals surface area contributed by atoms with Crippen LogP contribution in [0.2, 0.25) is 0 Å². The highest BCUT2D eigenvalue weighted by molar-refractivity contribution is 6.09. The van der Waals surface area contributed by atoms with Gasteiger partial charge in [-0.1, -0.05) is 30.3 Å². The molecule has 0 spiro atoms. The predicted octanol–water partition coefficient (Wildman–Crippen LogP) is 3.39. The summed E-state index contributed by atoms with van der Waals surface area (Å²) in [5, 5.41) is 5.68. The zero-order chi connectivity index (χ0) is 22.3. The van der Waals surface area contributed by atoms with Crippen LogP contribution in [-0.4, -0.2) is 34.2 Å². The van der Waals surface area contributed by atoms with Crippen LogP contribution in [0.25, 0.3) is 0 Å². The van der Waals surface area contributed by atoms with Crippen LogP contribution in [0, 0.1) is 0 Å². The van der Waals surface area contributed by atoms with Crippen LogP contribution in [0.3, 0.4) is 0 Å². The summed E-state index contributed by atoms with van der Waals surface area (Å²) in [6.45, 7) is 1.68. The Balaban J connectivity index is 1.40. The van der Waals surface area contributed by atoms with E-state index in [9.17, 15) is 14.4 Å². The molecular weight excluding hydrogens is 404 g/mol. The summed E-state index contributed by atoms with van der Waals surface area (Å²) < 4.78 is 0. The lowest BCUT2D eigenvalue weighted by Gasteiger charge is -2.15. The Kier molecular flexibility index (Phi) is 6.55. The number of pyridine rings is 1. The Bertz CT molecular complexity index is 1110. The van der Waals surface area contributed by atoms with Gasteiger partial charge in [0.05, 0.1) is 11.3 Å². The van der Waals surface area contributed by atoms with Crippen molar-refractivity contribution >= 4 is 23.4 Å². The monoisotopic (exact) mass is 428 g/mol. The number of aromatic nitrogens is 1. The van der Waals surface area contributed by atoms with Gasteiger partial charge in [0.15, 0.2) is 0 Å². The minimum atomic E-state index is -0.304. The molecule has 1 saturated heterocycles. The molecule has 32 heavy (non-hydrogen) atoms. The average molecular weight is 428 g/mol. The molecule has 2 N–H and O–H groups in total. The zero-order valence-corrected chi connectivity index (χ0v) is 17.6. The molecule has 2 heterocycles. The summed E-state index contributed by atoms with van der Waals surface area (Å²) in [6, 6.07) is 17.8. The Morgan fingerprint density at radius 1 is 0.938 bits per heavy atom. The van der Waals surface area contributed by atoms with Crippen molar-refractivity contribution in [2.24, 2.45) is 0 Å². The second-order valence-corrected chi connectivity index (χ2v) is 7.66. The first-order chi connectivity index (χ1) is 15.6. The molecular formula is C25H24N4O3. The minimum Gasteiger partial charge on any atom is -0.348 e. The summed E-state index contributed by atoms with van der Waals surface area (Å²) in [5.41, 5.74) is 3.17. The van der Waals surface area contributed by atoms with Gasteiger partial charge in [-0.05, 0) is 47.9 Å². The van der Waals surface area contributed by atoms with Gasteiger partial charge in [0.1, 0.15) is 0 Å². The van der Waals surface area contributed by atoms with E-state index in [0.717, 1.165) is 24.1 Å². The zero-order valence-electron chi connectivity index (χ0n) is 17.6. The number of benzene rings is 2. The maximum atomic E-state index is 12.8. The predicted molar refractivity (Wildman–Crippen MR) is 121 cm³/mol. The van der Waals surface area contributed by atoms with Crippen LogP contribution in [0.15, 0.2) is 73.1 Å². The average Bonchev–Trinajstić information content (AvgIpc) is 3.23. The number of hydrogen-bond acceptors (Lipinski definition) is 4. The molecule has 3 amide bonds. The Morgan fingerprint density at radius 3 is 2.47 bits per heavy atom. The van der Waals surface area contributed by atoms with Crippen LogP contribution in [0.5, 0.6) is 0 Å². The Morgan fingerprint density at radius 2 is 1.75 bits per heavy atom. The number of amides is 3. The van der Waals surface area contributed by atoms with E-state index in [4.69, 9.17) is 0 Å². The summed E-state index contributed by atoms with van der Waals surface area (Å²) in [4.78, 5) is 43.1. The summed E-state index contributed by atoms with van der Waals surface area (Å²) in [5.74, 6) is -0.415. The van der Waals surface area contributed by atoms with Crippen molar-refractivity contribution in [2.45, 2.75) is 25.9 Å². The number of nitrogens with zero attached hydrogens (tertiary/aromatic N) is 2. The van der Waals surface area contributed by atoms with Crippen LogP contribution in [-0.2, 0) is 17.9 Å². The lowest BCUT2D eigenvalue weighted by molar-refractivity contribution is -0.128. The van der Waals surface area contributed by atoms with E-state index in [1.807, 2.05) is 29.2 Å². The quantitative estimate of drug-likeness (QED) is 0.604. The molecule has 1 aliphatic heterocycles. The third-order valence-electron chi connectivity index (χ3n) is 5.36. The molecule has 1 aromatic heterocycles. The molecule has 0 aliphatic carbocycles. The topological polar surface area (TPSA) is 91.4 Å². The van der Waals surface area contributed by atoms with Gasteiger partial charge in [-0.3, -0.25) is 19.4 Å². The van der Waals surface area contributed by atoms with Crippen molar-refractivity contribution in [1.82, 2.24) is 15.2 Å². The van der Waals surface area contributed by atoms with Gasteiger partial charge in [-0.25, -0.2) is 0 Å². The summed E-state index contributed by atoms with van der Waals surface area (Å²) >= 11 is 0. The van der Waals surface area contributed by atoms with Crippen molar-refractivity contribution in [2.75, 3.05) is 11.9 Å². The normalized spacial score (nSPS) is 13.1. The smallest absolute Gasteiger partial charge is 0.255 e. The van der Waals surface area contributed by atoms with E-state index in [-0.39, 0.29) is 17.7 Å². The third kappa shape index (κ3) is 5.18. The van der Waals surface area contributed by atoms with Crippen molar-refractivity contribution in [3.63, 3.8) is 0 Å². The molecule has 0 bridgehead atoms. The lowest BCUT2D eigenvalue weighted by atomic mass is 10.1. The highest BCUT2D eigenvalue weighted by Crippen LogP contribution is 2.18. The van der Waals surface area contributed by atoms with Crippen molar-refractivity contribution in [3.05, 3.63) is 95.3 Å². The standard InChI is InChI=1S/C25H24N4O3/c30-23-8-4-14-29(23)17-18-9-11-20(12-10-18)24(31)28-22-7-2-1-6-21(22)25(32)27-16-19-5-3-13-26-15-19/h1-3,5-7,9-13,15H,4,8,14,16-17H2,(H,27,32)(H,28,31). The largest absolute Gasteiger partial charge is 0.348 e. The molecule has 0 atom stereocenters. The van der Waals surface area contributed by atoms with Crippen molar-refractivity contribution in [3.8, 4) is 0 Å². The van der Waals surface area contributed by atoms with E-state index < -0.39 is 0 Å². The van der Waals surface area contributed by atoms with Gasteiger partial charge >= 0.3 is 0 Å². The summed E-state index contributed by atoms with van der Waals surface area (Å²) in [6.07, 6.45) is 4.87. The first kappa shape index (κ1) is 21.2. The second kappa shape index (κ2) is 9.87. The van der Waals surface area contributed by atoms with Gasteiger partial charge < -0.3 is 15.5 Å². The molecule has 3 aromatic rings. The highest BCUT2D eigenvalue weighted by Gasteiger charge is 2.20. The van der Waals surface area contributed by atoms with Gasteiger partial charge in [0, 0.05) is 44.0 Å². The molecule has 162 valence electrons. The van der Waals surface area contributed by atoms with Gasteiger partial charge in [0.2, 0.25) is 5.91 Å². The van der Waals surface area contributed by atoms with E-state index in [1.165, 1.54) is 0 Å². The molecule has 2 aromatic carbocycles. The van der Waals surface area contributed by atoms with Crippen LogP contribution in [0.4, 0.5) is 5.69 Å². The Labute approximate surface area is 186 Å². The van der Waals surface area contributed by atoms with E-state index in [0.29, 0.717) is 36.3 Å². The first-order valence-corrected chi connectivity index (χ1v) is 10.5. The molecule has 0 unspecified atom stereocenters. The molecule has 4 rings (SSSR count). The number of hydrogen-bond donors (Lipinski definition) is 2. The summed E-state index contributed by atoms with van der Waals surface area (Å²) in [7, 11) is 0. The fraction of sp³-hybridized carbons (Fsp3) is 0.200. The van der Waals surface area contributed by atoms with Crippen LogP contribution < -0.4 is 10.6 Å². The minimum absolute atomic E-state index is 0.172.